The van der Waals surface area contributed by atoms with Crippen LogP contribution < -0.4 is 10.6 Å². The van der Waals surface area contributed by atoms with E-state index < -0.39 is 11.6 Å². The maximum atomic E-state index is 13.9. The molecule has 0 spiro atoms. The molecule has 0 aromatic carbocycles. The number of halogens is 2. The van der Waals surface area contributed by atoms with Gasteiger partial charge >= 0.3 is 0 Å². The zero-order valence-corrected chi connectivity index (χ0v) is 12.0. The first-order chi connectivity index (χ1) is 10.1. The van der Waals surface area contributed by atoms with Crippen LogP contribution in [0.4, 0.5) is 14.6 Å². The fourth-order valence-electron chi connectivity index (χ4n) is 1.86. The summed E-state index contributed by atoms with van der Waals surface area (Å²) in [5, 5.41) is 0. The third kappa shape index (κ3) is 4.42. The Hall–Kier alpha value is -2.15. The average molecular weight is 308 g/mol. The summed E-state index contributed by atoms with van der Waals surface area (Å²) >= 11 is 4.85. The molecule has 0 saturated heterocycles. The van der Waals surface area contributed by atoms with E-state index in [2.05, 4.69) is 9.97 Å². The van der Waals surface area contributed by atoms with Crippen molar-refractivity contribution >= 4 is 23.0 Å². The molecule has 2 aromatic rings. The zero-order valence-electron chi connectivity index (χ0n) is 11.2. The van der Waals surface area contributed by atoms with Gasteiger partial charge in [0.2, 0.25) is 0 Å². The standard InChI is InChI=1S/C14H14F2N4S/c15-11-6-12(16)14(19-8-11)20(5-3-13(17)21)9-10-2-1-4-18-7-10/h1-2,4,6-8H,3,5,9H2,(H2,17,21). The molecule has 0 fully saturated rings. The summed E-state index contributed by atoms with van der Waals surface area (Å²) < 4.78 is 26.9. The predicted octanol–water partition coefficient (Wildman–Crippen LogP) is 2.44. The van der Waals surface area contributed by atoms with E-state index in [0.29, 0.717) is 24.5 Å². The summed E-state index contributed by atoms with van der Waals surface area (Å²) in [4.78, 5) is 9.82. The van der Waals surface area contributed by atoms with Crippen LogP contribution in [0, 0.1) is 11.6 Å². The second kappa shape index (κ2) is 7.03. The molecule has 2 heterocycles. The van der Waals surface area contributed by atoms with Gasteiger partial charge in [-0.1, -0.05) is 18.3 Å². The molecule has 0 unspecified atom stereocenters. The first kappa shape index (κ1) is 15.2. The minimum absolute atomic E-state index is 0.0662. The van der Waals surface area contributed by atoms with Gasteiger partial charge in [0, 0.05) is 38.0 Å². The van der Waals surface area contributed by atoms with Crippen LogP contribution >= 0.6 is 12.2 Å². The molecule has 0 amide bonds. The Morgan fingerprint density at radius 1 is 1.33 bits per heavy atom. The van der Waals surface area contributed by atoms with Crippen molar-refractivity contribution in [2.45, 2.75) is 13.0 Å². The largest absolute Gasteiger partial charge is 0.393 e. The van der Waals surface area contributed by atoms with E-state index in [1.807, 2.05) is 6.07 Å². The third-order valence-electron chi connectivity index (χ3n) is 2.81. The number of aromatic nitrogens is 2. The monoisotopic (exact) mass is 308 g/mol. The number of thiocarbonyl (C=S) groups is 1. The molecule has 2 rings (SSSR count). The number of nitrogens with zero attached hydrogens (tertiary/aromatic N) is 3. The summed E-state index contributed by atoms with van der Waals surface area (Å²) in [6, 6.07) is 4.46. The highest BCUT2D eigenvalue weighted by Gasteiger charge is 2.15. The van der Waals surface area contributed by atoms with E-state index in [4.69, 9.17) is 18.0 Å². The topological polar surface area (TPSA) is 55.0 Å². The van der Waals surface area contributed by atoms with Gasteiger partial charge in [0.1, 0.15) is 5.82 Å². The van der Waals surface area contributed by atoms with Crippen LogP contribution in [0.2, 0.25) is 0 Å². The van der Waals surface area contributed by atoms with E-state index in [1.54, 1.807) is 23.4 Å². The van der Waals surface area contributed by atoms with Crippen LogP contribution in [0.15, 0.2) is 36.8 Å². The summed E-state index contributed by atoms with van der Waals surface area (Å²) in [6.45, 7) is 0.770. The highest BCUT2D eigenvalue weighted by Crippen LogP contribution is 2.19. The van der Waals surface area contributed by atoms with Crippen LogP contribution in [0.3, 0.4) is 0 Å². The van der Waals surface area contributed by atoms with Gasteiger partial charge in [-0.2, -0.15) is 0 Å². The lowest BCUT2D eigenvalue weighted by atomic mass is 10.2. The molecule has 0 aliphatic rings. The van der Waals surface area contributed by atoms with Crippen molar-refractivity contribution in [1.29, 1.82) is 0 Å². The van der Waals surface area contributed by atoms with Crippen molar-refractivity contribution in [1.82, 2.24) is 9.97 Å². The summed E-state index contributed by atoms with van der Waals surface area (Å²) in [5.74, 6) is -1.37. The molecule has 110 valence electrons. The molecule has 2 aromatic heterocycles. The molecule has 4 nitrogen and oxygen atoms in total. The van der Waals surface area contributed by atoms with Crippen LogP contribution in [0.25, 0.3) is 0 Å². The molecule has 0 bridgehead atoms. The number of anilines is 1. The lowest BCUT2D eigenvalue weighted by molar-refractivity contribution is 0.566. The van der Waals surface area contributed by atoms with Gasteiger partial charge in [-0.3, -0.25) is 4.98 Å². The van der Waals surface area contributed by atoms with E-state index >= 15 is 0 Å². The van der Waals surface area contributed by atoms with Crippen molar-refractivity contribution < 1.29 is 8.78 Å². The molecule has 7 heteroatoms. The summed E-state index contributed by atoms with van der Waals surface area (Å²) in [6.07, 6.45) is 4.72. The summed E-state index contributed by atoms with van der Waals surface area (Å²) in [7, 11) is 0. The number of hydrogen-bond donors (Lipinski definition) is 1. The van der Waals surface area contributed by atoms with E-state index in [-0.39, 0.29) is 5.82 Å². The first-order valence-corrected chi connectivity index (χ1v) is 6.70. The number of pyridine rings is 2. The van der Waals surface area contributed by atoms with Gasteiger partial charge in [0.15, 0.2) is 11.6 Å². The van der Waals surface area contributed by atoms with E-state index in [9.17, 15) is 8.78 Å². The van der Waals surface area contributed by atoms with E-state index in [1.165, 1.54) is 0 Å². The van der Waals surface area contributed by atoms with Crippen molar-refractivity contribution in [2.24, 2.45) is 5.73 Å². The SMILES string of the molecule is NC(=S)CCN(Cc1cccnc1)c1ncc(F)cc1F. The van der Waals surface area contributed by atoms with Crippen LogP contribution in [0.1, 0.15) is 12.0 Å². The van der Waals surface area contributed by atoms with Gasteiger partial charge < -0.3 is 10.6 Å². The predicted molar refractivity (Wildman–Crippen MR) is 80.8 cm³/mol. The smallest absolute Gasteiger partial charge is 0.168 e. The Morgan fingerprint density at radius 3 is 2.76 bits per heavy atom. The van der Waals surface area contributed by atoms with Crippen molar-refractivity contribution in [3.05, 3.63) is 54.0 Å². The van der Waals surface area contributed by atoms with E-state index in [0.717, 1.165) is 17.8 Å². The molecule has 21 heavy (non-hydrogen) atoms. The van der Waals surface area contributed by atoms with Gasteiger partial charge in [0.05, 0.1) is 11.2 Å². The lowest BCUT2D eigenvalue weighted by Gasteiger charge is -2.24. The van der Waals surface area contributed by atoms with Crippen LogP contribution in [-0.2, 0) is 6.54 Å². The number of hydrogen-bond acceptors (Lipinski definition) is 4. The van der Waals surface area contributed by atoms with Gasteiger partial charge in [0.25, 0.3) is 0 Å². The fourth-order valence-corrected chi connectivity index (χ4v) is 1.95. The Bertz CT molecular complexity index is 622. The molecule has 2 N–H and O–H groups in total. The second-order valence-corrected chi connectivity index (χ2v) is 4.98. The highest BCUT2D eigenvalue weighted by atomic mass is 32.1. The molecular formula is C14H14F2N4S. The Morgan fingerprint density at radius 2 is 2.14 bits per heavy atom. The molecular weight excluding hydrogens is 294 g/mol. The van der Waals surface area contributed by atoms with Crippen molar-refractivity contribution in [2.75, 3.05) is 11.4 Å². The molecule has 0 radical (unpaired) electrons. The van der Waals surface area contributed by atoms with Crippen LogP contribution in [-0.4, -0.2) is 21.5 Å². The molecule has 0 saturated carbocycles. The molecule has 0 aliphatic heterocycles. The lowest BCUT2D eigenvalue weighted by Crippen LogP contribution is -2.28. The third-order valence-corrected chi connectivity index (χ3v) is 3.02. The number of nitrogens with two attached hydrogens (primary N) is 1. The van der Waals surface area contributed by atoms with Crippen LogP contribution in [0.5, 0.6) is 0 Å². The fraction of sp³-hybridized carbons (Fsp3) is 0.214. The molecule has 0 atom stereocenters. The maximum Gasteiger partial charge on any atom is 0.168 e. The second-order valence-electron chi connectivity index (χ2n) is 4.46. The van der Waals surface area contributed by atoms with Gasteiger partial charge in [-0.15, -0.1) is 0 Å². The maximum absolute atomic E-state index is 13.9. The van der Waals surface area contributed by atoms with Crippen molar-refractivity contribution in [3.63, 3.8) is 0 Å². The molecule has 0 aliphatic carbocycles. The Labute approximate surface area is 126 Å². The minimum atomic E-state index is -0.721. The van der Waals surface area contributed by atoms with Gasteiger partial charge in [-0.05, 0) is 11.6 Å². The van der Waals surface area contributed by atoms with Crippen molar-refractivity contribution in [3.8, 4) is 0 Å². The normalized spacial score (nSPS) is 10.4. The zero-order chi connectivity index (χ0) is 15.2. The Balaban J connectivity index is 2.24. The average Bonchev–Trinajstić information content (AvgIpc) is 2.45. The minimum Gasteiger partial charge on any atom is -0.393 e. The van der Waals surface area contributed by atoms with Gasteiger partial charge in [-0.25, -0.2) is 13.8 Å². The quantitative estimate of drug-likeness (QED) is 0.831. The first-order valence-electron chi connectivity index (χ1n) is 6.29. The number of rotatable bonds is 6. The Kier molecular flexibility index (Phi) is 5.10. The highest BCUT2D eigenvalue weighted by molar-refractivity contribution is 7.80. The summed E-state index contributed by atoms with van der Waals surface area (Å²) in [5.41, 5.74) is 6.37.